The minimum absolute atomic E-state index is 0.130. The van der Waals surface area contributed by atoms with Gasteiger partial charge >= 0.3 is 13.3 Å². The second-order valence-electron chi connectivity index (χ2n) is 9.51. The van der Waals surface area contributed by atoms with Crippen LogP contribution >= 0.6 is 7.60 Å². The molecular formula is C26H53O7PS. The second-order valence-corrected chi connectivity index (χ2v) is 12.9. The minimum atomic E-state index is -4.70. The first-order valence-electron chi connectivity index (χ1n) is 14.0. The molecule has 0 aliphatic heterocycles. The monoisotopic (exact) mass is 540 g/mol. The summed E-state index contributed by atoms with van der Waals surface area (Å²) in [6.45, 7) is 7.96. The molecule has 0 aliphatic rings. The third-order valence-corrected chi connectivity index (χ3v) is 9.25. The smallest absolute Gasteiger partial charge is 0.316 e. The van der Waals surface area contributed by atoms with Crippen LogP contribution in [-0.4, -0.2) is 38.5 Å². The van der Waals surface area contributed by atoms with Crippen molar-refractivity contribution in [2.45, 2.75) is 148 Å². The van der Waals surface area contributed by atoms with E-state index in [0.717, 1.165) is 51.4 Å². The van der Waals surface area contributed by atoms with Gasteiger partial charge in [0.25, 0.3) is 0 Å². The Bertz CT molecular complexity index is 588. The highest BCUT2D eigenvalue weighted by atomic mass is 32.2. The summed E-state index contributed by atoms with van der Waals surface area (Å²) in [6, 6.07) is 0. The van der Waals surface area contributed by atoms with E-state index in [4.69, 9.17) is 4.52 Å². The molecule has 0 saturated carbocycles. The van der Waals surface area contributed by atoms with Crippen LogP contribution in [0, 0.1) is 0 Å². The van der Waals surface area contributed by atoms with E-state index in [0.29, 0.717) is 18.6 Å². The Morgan fingerprint density at radius 1 is 0.800 bits per heavy atom. The molecule has 0 heterocycles. The summed E-state index contributed by atoms with van der Waals surface area (Å²) in [4.78, 5) is 31.0. The highest BCUT2D eigenvalue weighted by Crippen LogP contribution is 2.46. The first-order chi connectivity index (χ1) is 16.8. The standard InChI is InChI=1S/C26H53O7PS/c1-5-8-10-12-13-14-15-16-18-20-23-35(30)25(21-19-17-11-9-6-2)24(4)33-34(28,29)26(27)32-31-22-7-3/h24-25H,5-23H2,1-4H3,(H,28,29). The van der Waals surface area contributed by atoms with Gasteiger partial charge in [-0.3, -0.25) is 13.6 Å². The van der Waals surface area contributed by atoms with Gasteiger partial charge in [-0.25, -0.2) is 9.36 Å². The largest absolute Gasteiger partial charge is 0.452 e. The van der Waals surface area contributed by atoms with Crippen molar-refractivity contribution in [3.05, 3.63) is 0 Å². The van der Waals surface area contributed by atoms with Crippen LogP contribution < -0.4 is 0 Å². The highest BCUT2D eigenvalue weighted by Gasteiger charge is 2.39. The van der Waals surface area contributed by atoms with Crippen LogP contribution in [0.4, 0.5) is 4.79 Å². The molecule has 4 unspecified atom stereocenters. The second kappa shape index (κ2) is 22.9. The molecule has 0 aromatic rings. The predicted molar refractivity (Wildman–Crippen MR) is 145 cm³/mol. The summed E-state index contributed by atoms with van der Waals surface area (Å²) in [6.07, 6.45) is 17.8. The van der Waals surface area contributed by atoms with Crippen LogP contribution in [0.1, 0.15) is 137 Å². The van der Waals surface area contributed by atoms with Crippen LogP contribution in [0.3, 0.4) is 0 Å². The molecule has 0 bridgehead atoms. The molecule has 1 N–H and O–H groups in total. The average Bonchev–Trinajstić information content (AvgIpc) is 2.82. The third kappa shape index (κ3) is 18.6. The summed E-state index contributed by atoms with van der Waals surface area (Å²) >= 11 is 0. The lowest BCUT2D eigenvalue weighted by Crippen LogP contribution is -2.32. The molecular weight excluding hydrogens is 487 g/mol. The third-order valence-electron chi connectivity index (χ3n) is 6.11. The van der Waals surface area contributed by atoms with Gasteiger partial charge in [-0.2, -0.15) is 4.89 Å². The van der Waals surface area contributed by atoms with Crippen LogP contribution in [-0.2, 0) is 29.7 Å². The van der Waals surface area contributed by atoms with Gasteiger partial charge in [-0.15, -0.1) is 0 Å². The molecule has 0 amide bonds. The maximum absolute atomic E-state index is 13.1. The topological polar surface area (TPSA) is 99.1 Å². The zero-order valence-corrected chi connectivity index (χ0v) is 24.6. The summed E-state index contributed by atoms with van der Waals surface area (Å²) in [5.41, 5.74) is -1.43. The van der Waals surface area contributed by atoms with Crippen LogP contribution in [0.2, 0.25) is 0 Å². The zero-order chi connectivity index (χ0) is 26.4. The van der Waals surface area contributed by atoms with Gasteiger partial charge in [0.05, 0.1) is 18.0 Å². The normalized spacial score (nSPS) is 15.9. The van der Waals surface area contributed by atoms with Gasteiger partial charge in [0.15, 0.2) is 0 Å². The van der Waals surface area contributed by atoms with E-state index in [1.807, 2.05) is 6.92 Å². The van der Waals surface area contributed by atoms with Gasteiger partial charge in [0.1, 0.15) is 0 Å². The molecule has 0 rings (SSSR count). The highest BCUT2D eigenvalue weighted by molar-refractivity contribution is 7.85. The fourth-order valence-electron chi connectivity index (χ4n) is 3.97. The quantitative estimate of drug-likeness (QED) is 0.0536. The van der Waals surface area contributed by atoms with E-state index >= 15 is 0 Å². The molecule has 9 heteroatoms. The number of hydrogen-bond acceptors (Lipinski definition) is 6. The Hall–Kier alpha value is -0.270. The maximum Gasteiger partial charge on any atom is 0.452 e. The lowest BCUT2D eigenvalue weighted by molar-refractivity contribution is -0.231. The summed E-state index contributed by atoms with van der Waals surface area (Å²) in [5.74, 6) is 0.545. The summed E-state index contributed by atoms with van der Waals surface area (Å²) in [7, 11) is -5.90. The van der Waals surface area contributed by atoms with Crippen molar-refractivity contribution in [2.24, 2.45) is 0 Å². The van der Waals surface area contributed by atoms with Gasteiger partial charge < -0.3 is 4.89 Å². The van der Waals surface area contributed by atoms with Gasteiger partial charge in [-0.05, 0) is 26.2 Å². The fourth-order valence-corrected chi connectivity index (χ4v) is 6.59. The maximum atomic E-state index is 13.1. The van der Waals surface area contributed by atoms with E-state index < -0.39 is 35.5 Å². The molecule has 35 heavy (non-hydrogen) atoms. The Morgan fingerprint density at radius 2 is 1.29 bits per heavy atom. The number of rotatable bonds is 25. The van der Waals surface area contributed by atoms with Crippen molar-refractivity contribution in [3.63, 3.8) is 0 Å². The molecule has 0 fully saturated rings. The lowest BCUT2D eigenvalue weighted by atomic mass is 10.1. The molecule has 0 aliphatic carbocycles. The lowest BCUT2D eigenvalue weighted by Gasteiger charge is -2.25. The number of carbonyl (C=O) groups excluding carboxylic acids is 1. The molecule has 0 aromatic carbocycles. The van der Waals surface area contributed by atoms with E-state index in [2.05, 4.69) is 23.6 Å². The van der Waals surface area contributed by atoms with Crippen molar-refractivity contribution in [3.8, 4) is 0 Å². The van der Waals surface area contributed by atoms with E-state index in [-0.39, 0.29) is 6.61 Å². The molecule has 7 nitrogen and oxygen atoms in total. The van der Waals surface area contributed by atoms with E-state index in [9.17, 15) is 18.5 Å². The molecule has 0 spiro atoms. The average molecular weight is 541 g/mol. The van der Waals surface area contributed by atoms with Gasteiger partial charge in [0.2, 0.25) is 0 Å². The van der Waals surface area contributed by atoms with Crippen molar-refractivity contribution in [1.82, 2.24) is 0 Å². The molecule has 4 atom stereocenters. The van der Waals surface area contributed by atoms with Crippen molar-refractivity contribution in [2.75, 3.05) is 12.4 Å². The zero-order valence-electron chi connectivity index (χ0n) is 22.8. The van der Waals surface area contributed by atoms with E-state index in [1.54, 1.807) is 6.92 Å². The van der Waals surface area contributed by atoms with Crippen LogP contribution in [0.15, 0.2) is 0 Å². The summed E-state index contributed by atoms with van der Waals surface area (Å²) < 4.78 is 30.8. The number of hydrogen-bond donors (Lipinski definition) is 1. The van der Waals surface area contributed by atoms with Crippen LogP contribution in [0.5, 0.6) is 0 Å². The van der Waals surface area contributed by atoms with Crippen molar-refractivity contribution < 1.29 is 32.8 Å². The molecule has 210 valence electrons. The number of carbonyl (C=O) groups is 1. The summed E-state index contributed by atoms with van der Waals surface area (Å²) in [5, 5.41) is -0.403. The Kier molecular flexibility index (Phi) is 22.7. The molecule has 0 radical (unpaired) electrons. The Morgan fingerprint density at radius 3 is 1.80 bits per heavy atom. The predicted octanol–water partition coefficient (Wildman–Crippen LogP) is 8.45. The number of unbranched alkanes of at least 4 members (excludes halogenated alkanes) is 13. The fraction of sp³-hybridized carbons (Fsp3) is 0.962. The first-order valence-corrected chi connectivity index (χ1v) is 17.0. The SMILES string of the molecule is CCCCCCCCCCCCS(=O)C(CCCCCCC)C(C)OP(=O)(O)C(=O)OOCCC. The minimum Gasteiger partial charge on any atom is -0.316 e. The van der Waals surface area contributed by atoms with Gasteiger partial charge in [0, 0.05) is 16.6 Å². The van der Waals surface area contributed by atoms with Crippen molar-refractivity contribution in [1.29, 1.82) is 0 Å². The van der Waals surface area contributed by atoms with E-state index in [1.165, 1.54) is 44.9 Å². The Labute approximate surface area is 217 Å². The Balaban J connectivity index is 4.62. The van der Waals surface area contributed by atoms with Gasteiger partial charge in [-0.1, -0.05) is 111 Å². The molecule has 0 saturated heterocycles. The van der Waals surface area contributed by atoms with Crippen molar-refractivity contribution >= 4 is 24.1 Å². The van der Waals surface area contributed by atoms with Crippen LogP contribution in [0.25, 0.3) is 0 Å². The first kappa shape index (κ1) is 34.7. The molecule has 0 aromatic heterocycles.